The van der Waals surface area contributed by atoms with Gasteiger partial charge in [-0.2, -0.15) is 0 Å². The highest BCUT2D eigenvalue weighted by Crippen LogP contribution is 2.32. The largest absolute Gasteiger partial charge is 0.465 e. The van der Waals surface area contributed by atoms with Gasteiger partial charge in [0.1, 0.15) is 5.76 Å². The summed E-state index contributed by atoms with van der Waals surface area (Å²) >= 11 is 0. The van der Waals surface area contributed by atoms with E-state index in [1.54, 1.807) is 36.4 Å². The maximum atomic E-state index is 12.3. The number of benzene rings is 3. The molecule has 0 saturated heterocycles. The van der Waals surface area contributed by atoms with Crippen molar-refractivity contribution in [3.05, 3.63) is 95.1 Å². The van der Waals surface area contributed by atoms with Crippen LogP contribution < -0.4 is 0 Å². The summed E-state index contributed by atoms with van der Waals surface area (Å²) in [6, 6.07) is 20.7. The number of carbonyl (C=O) groups is 2. The number of hydrogen-bond acceptors (Lipinski definition) is 4. The van der Waals surface area contributed by atoms with Crippen LogP contribution in [0.2, 0.25) is 0 Å². The molecule has 1 heterocycles. The molecule has 0 aliphatic carbocycles. The molecule has 3 aromatic carbocycles. The number of cyclic esters (lactones) is 1. The van der Waals surface area contributed by atoms with E-state index in [4.69, 9.17) is 4.74 Å². The molecule has 4 heteroatoms. The quantitative estimate of drug-likeness (QED) is 0.508. The van der Waals surface area contributed by atoms with Crippen molar-refractivity contribution in [2.24, 2.45) is 0 Å². The van der Waals surface area contributed by atoms with E-state index in [9.17, 15) is 9.59 Å². The van der Waals surface area contributed by atoms with Gasteiger partial charge in [0.25, 0.3) is 0 Å². The van der Waals surface area contributed by atoms with Gasteiger partial charge in [-0.15, -0.1) is 0 Å². The predicted molar refractivity (Wildman–Crippen MR) is 104 cm³/mol. The van der Waals surface area contributed by atoms with Gasteiger partial charge in [-0.05, 0) is 40.6 Å². The second-order valence-electron chi connectivity index (χ2n) is 6.14. The van der Waals surface area contributed by atoms with E-state index in [1.165, 1.54) is 7.11 Å². The minimum absolute atomic E-state index is 0.394. The average molecular weight is 356 g/mol. The molecule has 132 valence electrons. The molecule has 0 aromatic heterocycles. The van der Waals surface area contributed by atoms with Crippen LogP contribution in [0.1, 0.15) is 21.5 Å². The predicted octanol–water partition coefficient (Wildman–Crippen LogP) is 4.61. The number of methoxy groups -OCH3 is 1. The Kier molecular flexibility index (Phi) is 4.30. The van der Waals surface area contributed by atoms with Gasteiger partial charge >= 0.3 is 11.9 Å². The van der Waals surface area contributed by atoms with E-state index in [2.05, 4.69) is 4.74 Å². The molecule has 1 aliphatic rings. The van der Waals surface area contributed by atoms with Gasteiger partial charge in [0, 0.05) is 5.56 Å². The number of rotatable bonds is 3. The maximum Gasteiger partial charge on any atom is 0.343 e. The lowest BCUT2D eigenvalue weighted by Crippen LogP contribution is -2.00. The van der Waals surface area contributed by atoms with E-state index in [0.717, 1.165) is 21.9 Å². The van der Waals surface area contributed by atoms with Gasteiger partial charge in [-0.1, -0.05) is 54.6 Å². The van der Waals surface area contributed by atoms with E-state index in [1.807, 2.05) is 42.5 Å². The van der Waals surface area contributed by atoms with Crippen molar-refractivity contribution >= 4 is 34.5 Å². The molecule has 0 bridgehead atoms. The summed E-state index contributed by atoms with van der Waals surface area (Å²) < 4.78 is 10.2. The first-order valence-corrected chi connectivity index (χ1v) is 8.48. The summed E-state index contributed by atoms with van der Waals surface area (Å²) in [7, 11) is 1.34. The van der Waals surface area contributed by atoms with Gasteiger partial charge in [-0.3, -0.25) is 0 Å². The minimum atomic E-state index is -0.396. The van der Waals surface area contributed by atoms with Crippen LogP contribution in [-0.2, 0) is 14.3 Å². The Bertz CT molecular complexity index is 1100. The Morgan fingerprint density at radius 1 is 0.963 bits per heavy atom. The molecule has 0 fully saturated rings. The number of esters is 2. The molecule has 0 radical (unpaired) electrons. The van der Waals surface area contributed by atoms with Gasteiger partial charge in [0.05, 0.1) is 18.2 Å². The molecular formula is C23H16O4. The van der Waals surface area contributed by atoms with Crippen molar-refractivity contribution in [3.8, 4) is 0 Å². The second-order valence-corrected chi connectivity index (χ2v) is 6.14. The second kappa shape index (κ2) is 6.92. The van der Waals surface area contributed by atoms with Crippen LogP contribution >= 0.6 is 0 Å². The van der Waals surface area contributed by atoms with Crippen molar-refractivity contribution in [3.63, 3.8) is 0 Å². The SMILES string of the molecule is COC(=O)c1ccc(/C=C2/C=C(c3cccc4ccccc34)OC2=O)cc1. The summed E-state index contributed by atoms with van der Waals surface area (Å²) in [5, 5.41) is 2.12. The molecule has 4 rings (SSSR count). The Balaban J connectivity index is 1.68. The molecule has 1 aliphatic heterocycles. The molecule has 4 nitrogen and oxygen atoms in total. The Morgan fingerprint density at radius 3 is 2.48 bits per heavy atom. The molecule has 0 atom stereocenters. The number of ether oxygens (including phenoxy) is 2. The van der Waals surface area contributed by atoms with Gasteiger partial charge < -0.3 is 9.47 Å². The van der Waals surface area contributed by atoms with E-state index >= 15 is 0 Å². The standard InChI is InChI=1S/C23H16O4/c1-26-22(24)17-11-9-15(10-12-17)13-18-14-21(27-23(18)25)20-8-4-6-16-5-2-3-7-19(16)20/h2-14H,1H3/b18-13-. The molecule has 0 spiro atoms. The Labute approximate surface area is 156 Å². The zero-order valence-electron chi connectivity index (χ0n) is 14.6. The van der Waals surface area contributed by atoms with Crippen molar-refractivity contribution in [2.45, 2.75) is 0 Å². The van der Waals surface area contributed by atoms with Crippen LogP contribution in [0.5, 0.6) is 0 Å². The summed E-state index contributed by atoms with van der Waals surface area (Å²) in [5.74, 6) is -0.253. The lowest BCUT2D eigenvalue weighted by molar-refractivity contribution is -0.130. The summed E-state index contributed by atoms with van der Waals surface area (Å²) in [4.78, 5) is 23.8. The minimum Gasteiger partial charge on any atom is -0.465 e. The molecule has 0 saturated carbocycles. The fraction of sp³-hybridized carbons (Fsp3) is 0.0435. The third kappa shape index (κ3) is 3.25. The fourth-order valence-electron chi connectivity index (χ4n) is 3.07. The van der Waals surface area contributed by atoms with Crippen LogP contribution in [0.3, 0.4) is 0 Å². The van der Waals surface area contributed by atoms with Crippen molar-refractivity contribution in [1.29, 1.82) is 0 Å². The van der Waals surface area contributed by atoms with E-state index in [-0.39, 0.29) is 0 Å². The first-order chi connectivity index (χ1) is 13.2. The van der Waals surface area contributed by atoms with Crippen molar-refractivity contribution in [2.75, 3.05) is 7.11 Å². The molecule has 0 amide bonds. The van der Waals surface area contributed by atoms with Crippen LogP contribution in [-0.4, -0.2) is 19.0 Å². The molecule has 27 heavy (non-hydrogen) atoms. The molecular weight excluding hydrogens is 340 g/mol. The van der Waals surface area contributed by atoms with Crippen molar-refractivity contribution < 1.29 is 19.1 Å². The summed E-state index contributed by atoms with van der Waals surface area (Å²) in [5.41, 5.74) is 2.60. The number of carbonyl (C=O) groups excluding carboxylic acids is 2. The molecule has 0 unspecified atom stereocenters. The van der Waals surface area contributed by atoms with Crippen molar-refractivity contribution in [1.82, 2.24) is 0 Å². The van der Waals surface area contributed by atoms with E-state index < -0.39 is 11.9 Å². The smallest absolute Gasteiger partial charge is 0.343 e. The highest BCUT2D eigenvalue weighted by Gasteiger charge is 2.23. The summed E-state index contributed by atoms with van der Waals surface area (Å²) in [6.45, 7) is 0. The maximum absolute atomic E-state index is 12.3. The third-order valence-electron chi connectivity index (χ3n) is 4.43. The Morgan fingerprint density at radius 2 is 1.70 bits per heavy atom. The highest BCUT2D eigenvalue weighted by atomic mass is 16.5. The normalized spacial score (nSPS) is 14.9. The number of hydrogen-bond donors (Lipinski definition) is 0. The lowest BCUT2D eigenvalue weighted by atomic mass is 10.0. The highest BCUT2D eigenvalue weighted by molar-refractivity contribution is 6.07. The third-order valence-corrected chi connectivity index (χ3v) is 4.43. The topological polar surface area (TPSA) is 52.6 Å². The molecule has 0 N–H and O–H groups in total. The van der Waals surface area contributed by atoms with Crippen LogP contribution in [0, 0.1) is 0 Å². The van der Waals surface area contributed by atoms with E-state index in [0.29, 0.717) is 16.9 Å². The number of fused-ring (bicyclic) bond motifs is 1. The Hall–Kier alpha value is -3.66. The van der Waals surface area contributed by atoms with Gasteiger partial charge in [0.15, 0.2) is 0 Å². The first kappa shape index (κ1) is 16.8. The van der Waals surface area contributed by atoms with Crippen LogP contribution in [0.25, 0.3) is 22.6 Å². The fourth-order valence-corrected chi connectivity index (χ4v) is 3.07. The average Bonchev–Trinajstić information content (AvgIpc) is 3.07. The zero-order chi connectivity index (χ0) is 18.8. The van der Waals surface area contributed by atoms with Crippen LogP contribution in [0.15, 0.2) is 78.4 Å². The zero-order valence-corrected chi connectivity index (χ0v) is 14.6. The summed E-state index contributed by atoms with van der Waals surface area (Å²) in [6.07, 6.45) is 3.49. The van der Waals surface area contributed by atoms with Gasteiger partial charge in [-0.25, -0.2) is 9.59 Å². The monoisotopic (exact) mass is 356 g/mol. The lowest BCUT2D eigenvalue weighted by Gasteiger charge is -2.06. The first-order valence-electron chi connectivity index (χ1n) is 8.48. The van der Waals surface area contributed by atoms with Crippen LogP contribution in [0.4, 0.5) is 0 Å². The van der Waals surface area contributed by atoms with Gasteiger partial charge in [0.2, 0.25) is 0 Å². The molecule has 3 aromatic rings.